The Morgan fingerprint density at radius 2 is 1.96 bits per heavy atom. The largest absolute Gasteiger partial charge is 0.298 e. The van der Waals surface area contributed by atoms with Crippen molar-refractivity contribution >= 4 is 5.71 Å². The van der Waals surface area contributed by atoms with Gasteiger partial charge in [-0.25, -0.2) is 9.37 Å². The minimum atomic E-state index is -0.245. The van der Waals surface area contributed by atoms with Crippen molar-refractivity contribution in [3.8, 4) is 5.69 Å². The van der Waals surface area contributed by atoms with Crippen LogP contribution in [0.1, 0.15) is 35.1 Å². The zero-order valence-corrected chi connectivity index (χ0v) is 13.8. The fourth-order valence-corrected chi connectivity index (χ4v) is 3.25. The van der Waals surface area contributed by atoms with Crippen molar-refractivity contribution in [2.75, 3.05) is 0 Å². The number of imidazole rings is 1. The summed E-state index contributed by atoms with van der Waals surface area (Å²) in [5.74, 6) is 0.672. The molecule has 2 aromatic carbocycles. The fraction of sp³-hybridized carbons (Fsp3) is 0.200. The van der Waals surface area contributed by atoms with E-state index in [1.165, 1.54) is 11.6 Å². The molecule has 2 heterocycles. The van der Waals surface area contributed by atoms with Crippen molar-refractivity contribution in [1.29, 1.82) is 0 Å². The smallest absolute Gasteiger partial charge is 0.132 e. The molecule has 0 bridgehead atoms. The topological polar surface area (TPSA) is 30.2 Å². The van der Waals surface area contributed by atoms with Crippen molar-refractivity contribution in [3.05, 3.63) is 82.7 Å². The van der Waals surface area contributed by atoms with Gasteiger partial charge in [-0.3, -0.25) is 9.56 Å². The summed E-state index contributed by atoms with van der Waals surface area (Å²) in [5, 5.41) is 0. The SMILES string of the molecule is CCc1ccc2c(c1)C(c1ccccc1F)=NCc1cnc(C)n1-2. The number of fused-ring (bicyclic) bond motifs is 3. The lowest BCUT2D eigenvalue weighted by molar-refractivity contribution is 0.625. The van der Waals surface area contributed by atoms with Crippen molar-refractivity contribution in [2.24, 2.45) is 4.99 Å². The summed E-state index contributed by atoms with van der Waals surface area (Å²) in [5.41, 5.74) is 5.45. The number of halogens is 1. The van der Waals surface area contributed by atoms with Gasteiger partial charge in [-0.15, -0.1) is 0 Å². The molecule has 0 N–H and O–H groups in total. The van der Waals surface area contributed by atoms with Gasteiger partial charge in [-0.2, -0.15) is 0 Å². The van der Waals surface area contributed by atoms with Crippen LogP contribution >= 0.6 is 0 Å². The Morgan fingerprint density at radius 1 is 1.12 bits per heavy atom. The molecule has 4 heteroatoms. The molecular weight excluding hydrogens is 301 g/mol. The van der Waals surface area contributed by atoms with Gasteiger partial charge < -0.3 is 0 Å². The lowest BCUT2D eigenvalue weighted by Gasteiger charge is -2.15. The molecule has 0 amide bonds. The van der Waals surface area contributed by atoms with Crippen LogP contribution in [-0.2, 0) is 13.0 Å². The number of aliphatic imine (C=N–C) groups is 1. The molecule has 120 valence electrons. The highest BCUT2D eigenvalue weighted by molar-refractivity contribution is 6.15. The van der Waals surface area contributed by atoms with Crippen LogP contribution in [0.4, 0.5) is 4.39 Å². The second-order valence-corrected chi connectivity index (χ2v) is 5.98. The van der Waals surface area contributed by atoms with Gasteiger partial charge in [0.2, 0.25) is 0 Å². The number of benzene rings is 2. The average Bonchev–Trinajstić information content (AvgIpc) is 2.88. The van der Waals surface area contributed by atoms with Crippen LogP contribution in [0.3, 0.4) is 0 Å². The number of aryl methyl sites for hydroxylation is 2. The van der Waals surface area contributed by atoms with Crippen LogP contribution in [0.5, 0.6) is 0 Å². The first-order chi connectivity index (χ1) is 11.7. The summed E-state index contributed by atoms with van der Waals surface area (Å²) in [7, 11) is 0. The van der Waals surface area contributed by atoms with Gasteiger partial charge in [-0.05, 0) is 43.2 Å². The standard InChI is InChI=1S/C20H18FN3/c1-3-14-8-9-19-17(10-14)20(16-6-4-5-7-18(16)21)23-12-15-11-22-13(2)24(15)19/h4-11H,3,12H2,1-2H3. The number of hydrogen-bond acceptors (Lipinski definition) is 2. The Bertz CT molecular complexity index is 953. The molecule has 1 aliphatic rings. The van der Waals surface area contributed by atoms with Crippen LogP contribution in [0.25, 0.3) is 5.69 Å². The quantitative estimate of drug-likeness (QED) is 0.695. The Morgan fingerprint density at radius 3 is 2.75 bits per heavy atom. The number of aromatic nitrogens is 2. The van der Waals surface area contributed by atoms with Crippen LogP contribution in [0.2, 0.25) is 0 Å². The number of nitrogens with zero attached hydrogens (tertiary/aromatic N) is 3. The van der Waals surface area contributed by atoms with Crippen molar-refractivity contribution < 1.29 is 4.39 Å². The van der Waals surface area contributed by atoms with Gasteiger partial charge in [-0.1, -0.05) is 25.1 Å². The molecule has 1 aromatic heterocycles. The molecular formula is C20H18FN3. The molecule has 3 aromatic rings. The molecule has 1 aliphatic heterocycles. The minimum absolute atomic E-state index is 0.245. The Hall–Kier alpha value is -2.75. The summed E-state index contributed by atoms with van der Waals surface area (Å²) in [6, 6.07) is 13.2. The molecule has 0 unspecified atom stereocenters. The highest BCUT2D eigenvalue weighted by atomic mass is 19.1. The van der Waals surface area contributed by atoms with Crippen LogP contribution < -0.4 is 0 Å². The first-order valence-electron chi connectivity index (χ1n) is 8.15. The molecule has 0 saturated carbocycles. The van der Waals surface area contributed by atoms with Crippen LogP contribution in [0.15, 0.2) is 53.7 Å². The first kappa shape index (κ1) is 14.8. The van der Waals surface area contributed by atoms with E-state index >= 15 is 0 Å². The third-order valence-electron chi connectivity index (χ3n) is 4.50. The zero-order valence-electron chi connectivity index (χ0n) is 13.8. The zero-order chi connectivity index (χ0) is 16.7. The lowest BCUT2D eigenvalue weighted by Crippen LogP contribution is -2.10. The summed E-state index contributed by atoms with van der Waals surface area (Å²) in [6.07, 6.45) is 2.77. The maximum atomic E-state index is 14.4. The molecule has 0 atom stereocenters. The first-order valence-corrected chi connectivity index (χ1v) is 8.15. The van der Waals surface area contributed by atoms with E-state index in [4.69, 9.17) is 4.99 Å². The van der Waals surface area contributed by atoms with Crippen molar-refractivity contribution in [3.63, 3.8) is 0 Å². The van der Waals surface area contributed by atoms with E-state index in [0.29, 0.717) is 17.8 Å². The third-order valence-corrected chi connectivity index (χ3v) is 4.50. The molecule has 0 radical (unpaired) electrons. The van der Waals surface area contributed by atoms with Crippen molar-refractivity contribution in [2.45, 2.75) is 26.8 Å². The molecule has 4 rings (SSSR count). The molecule has 0 spiro atoms. The normalized spacial score (nSPS) is 13.0. The third kappa shape index (κ3) is 2.26. The van der Waals surface area contributed by atoms with E-state index < -0.39 is 0 Å². The highest BCUT2D eigenvalue weighted by Crippen LogP contribution is 2.28. The summed E-state index contributed by atoms with van der Waals surface area (Å²) in [6.45, 7) is 4.59. The van der Waals surface area contributed by atoms with E-state index in [1.807, 2.05) is 19.2 Å². The van der Waals surface area contributed by atoms with Gasteiger partial charge in [0.1, 0.15) is 11.6 Å². The number of hydrogen-bond donors (Lipinski definition) is 0. The second-order valence-electron chi connectivity index (χ2n) is 5.98. The van der Waals surface area contributed by atoms with Gasteiger partial charge in [0.05, 0.1) is 29.8 Å². The van der Waals surface area contributed by atoms with Gasteiger partial charge in [0, 0.05) is 11.1 Å². The Balaban J connectivity index is 2.02. The van der Waals surface area contributed by atoms with Crippen LogP contribution in [-0.4, -0.2) is 15.3 Å². The van der Waals surface area contributed by atoms with Crippen LogP contribution in [0, 0.1) is 12.7 Å². The Labute approximate surface area is 140 Å². The van der Waals surface area contributed by atoms with E-state index in [-0.39, 0.29) is 5.82 Å². The fourth-order valence-electron chi connectivity index (χ4n) is 3.25. The van der Waals surface area contributed by atoms with Gasteiger partial charge in [0.25, 0.3) is 0 Å². The second kappa shape index (κ2) is 5.71. The highest BCUT2D eigenvalue weighted by Gasteiger charge is 2.22. The average molecular weight is 319 g/mol. The van der Waals surface area contributed by atoms with E-state index in [2.05, 4.69) is 34.7 Å². The minimum Gasteiger partial charge on any atom is -0.298 e. The monoisotopic (exact) mass is 319 g/mol. The van der Waals surface area contributed by atoms with Gasteiger partial charge >= 0.3 is 0 Å². The predicted molar refractivity (Wildman–Crippen MR) is 93.4 cm³/mol. The number of rotatable bonds is 2. The molecule has 3 nitrogen and oxygen atoms in total. The summed E-state index contributed by atoms with van der Waals surface area (Å²) < 4.78 is 16.5. The predicted octanol–water partition coefficient (Wildman–Crippen LogP) is 4.23. The van der Waals surface area contributed by atoms with Gasteiger partial charge in [0.15, 0.2) is 0 Å². The summed E-state index contributed by atoms with van der Waals surface area (Å²) >= 11 is 0. The molecule has 0 saturated heterocycles. The summed E-state index contributed by atoms with van der Waals surface area (Å²) in [4.78, 5) is 9.16. The lowest BCUT2D eigenvalue weighted by atomic mass is 9.97. The van der Waals surface area contributed by atoms with E-state index in [1.54, 1.807) is 12.1 Å². The maximum Gasteiger partial charge on any atom is 0.132 e. The van der Waals surface area contributed by atoms with E-state index in [0.717, 1.165) is 29.2 Å². The van der Waals surface area contributed by atoms with Crippen molar-refractivity contribution in [1.82, 2.24) is 9.55 Å². The van der Waals surface area contributed by atoms with E-state index in [9.17, 15) is 4.39 Å². The molecule has 24 heavy (non-hydrogen) atoms. The maximum absolute atomic E-state index is 14.4. The molecule has 0 aliphatic carbocycles. The molecule has 0 fully saturated rings. The Kier molecular flexibility index (Phi) is 3.53.